The van der Waals surface area contributed by atoms with Gasteiger partial charge < -0.3 is 15.5 Å². The van der Waals surface area contributed by atoms with Gasteiger partial charge >= 0.3 is 0 Å². The number of hydrogen-bond donors (Lipinski definition) is 1. The number of carbonyl (C=O) groups excluding carboxylic acids is 2. The van der Waals surface area contributed by atoms with Crippen LogP contribution in [-0.4, -0.2) is 52.8 Å². The minimum atomic E-state index is -0.0371. The van der Waals surface area contributed by atoms with Crippen molar-refractivity contribution in [1.29, 1.82) is 0 Å². The molecule has 0 unspecified atom stereocenters. The van der Waals surface area contributed by atoms with Crippen molar-refractivity contribution in [3.8, 4) is 0 Å². The van der Waals surface area contributed by atoms with Crippen LogP contribution in [-0.2, 0) is 4.79 Å². The van der Waals surface area contributed by atoms with Gasteiger partial charge in [-0.3, -0.25) is 9.59 Å². The summed E-state index contributed by atoms with van der Waals surface area (Å²) >= 11 is 1.22. The average molecular weight is 268 g/mol. The maximum atomic E-state index is 12.2. The van der Waals surface area contributed by atoms with Crippen LogP contribution in [0.25, 0.3) is 0 Å². The Kier molecular flexibility index (Phi) is 3.51. The van der Waals surface area contributed by atoms with Gasteiger partial charge in [-0.15, -0.1) is 0 Å². The molecule has 1 fully saturated rings. The van der Waals surface area contributed by atoms with Crippen molar-refractivity contribution in [2.24, 2.45) is 0 Å². The summed E-state index contributed by atoms with van der Waals surface area (Å²) < 4.78 is 0. The van der Waals surface area contributed by atoms with Crippen LogP contribution in [0.2, 0.25) is 0 Å². The molecule has 1 aliphatic rings. The Labute approximate surface area is 109 Å². The van der Waals surface area contributed by atoms with Gasteiger partial charge in [-0.25, -0.2) is 4.98 Å². The second kappa shape index (κ2) is 4.93. The molecule has 0 saturated carbocycles. The highest BCUT2D eigenvalue weighted by atomic mass is 32.1. The topological polar surface area (TPSA) is 79.5 Å². The standard InChI is InChI=1S/C11H16N4O2S/c1-7-9(18-11(12)13-7)10(17)15-5-3-14(4-6-15)8(2)16/h3-6H2,1-2H3,(H2,12,13). The molecule has 1 aromatic heterocycles. The molecule has 0 bridgehead atoms. The van der Waals surface area contributed by atoms with E-state index in [1.54, 1.807) is 23.6 Å². The number of rotatable bonds is 1. The van der Waals surface area contributed by atoms with Gasteiger partial charge in [-0.05, 0) is 6.92 Å². The van der Waals surface area contributed by atoms with Gasteiger partial charge in [0.1, 0.15) is 4.88 Å². The molecular formula is C11H16N4O2S. The van der Waals surface area contributed by atoms with E-state index < -0.39 is 0 Å². The van der Waals surface area contributed by atoms with E-state index in [1.807, 2.05) is 0 Å². The van der Waals surface area contributed by atoms with Crippen LogP contribution in [0.15, 0.2) is 0 Å². The minimum Gasteiger partial charge on any atom is -0.375 e. The quantitative estimate of drug-likeness (QED) is 0.796. The molecule has 2 N–H and O–H groups in total. The number of aryl methyl sites for hydroxylation is 1. The van der Waals surface area contributed by atoms with E-state index in [0.29, 0.717) is 41.9 Å². The fourth-order valence-corrected chi connectivity index (χ4v) is 2.79. The van der Waals surface area contributed by atoms with Crippen LogP contribution in [0.5, 0.6) is 0 Å². The van der Waals surface area contributed by atoms with Gasteiger partial charge in [0.15, 0.2) is 5.13 Å². The lowest BCUT2D eigenvalue weighted by molar-refractivity contribution is -0.130. The van der Waals surface area contributed by atoms with Crippen LogP contribution in [0.3, 0.4) is 0 Å². The highest BCUT2D eigenvalue weighted by molar-refractivity contribution is 7.17. The molecule has 6 nitrogen and oxygen atoms in total. The number of nitrogens with two attached hydrogens (primary N) is 1. The Morgan fingerprint density at radius 1 is 1.22 bits per heavy atom. The molecule has 0 spiro atoms. The molecule has 2 heterocycles. The SMILES string of the molecule is CC(=O)N1CCN(C(=O)c2sc(N)nc2C)CC1. The van der Waals surface area contributed by atoms with Gasteiger partial charge in [-0.2, -0.15) is 0 Å². The lowest BCUT2D eigenvalue weighted by atomic mass is 10.2. The smallest absolute Gasteiger partial charge is 0.266 e. The first-order valence-electron chi connectivity index (χ1n) is 5.76. The molecule has 1 aromatic rings. The van der Waals surface area contributed by atoms with Gasteiger partial charge in [-0.1, -0.05) is 11.3 Å². The Balaban J connectivity index is 2.04. The number of carbonyl (C=O) groups is 2. The number of nitrogens with zero attached hydrogens (tertiary/aromatic N) is 3. The Morgan fingerprint density at radius 2 is 1.78 bits per heavy atom. The Morgan fingerprint density at radius 3 is 2.22 bits per heavy atom. The lowest BCUT2D eigenvalue weighted by Gasteiger charge is -2.34. The van der Waals surface area contributed by atoms with E-state index in [4.69, 9.17) is 5.73 Å². The van der Waals surface area contributed by atoms with Gasteiger partial charge in [0, 0.05) is 33.1 Å². The molecule has 0 aliphatic carbocycles. The van der Waals surface area contributed by atoms with Gasteiger partial charge in [0.2, 0.25) is 5.91 Å². The number of anilines is 1. The van der Waals surface area contributed by atoms with E-state index in [2.05, 4.69) is 4.98 Å². The molecule has 0 radical (unpaired) electrons. The van der Waals surface area contributed by atoms with Gasteiger partial charge in [0.25, 0.3) is 5.91 Å². The van der Waals surface area contributed by atoms with E-state index in [0.717, 1.165) is 0 Å². The summed E-state index contributed by atoms with van der Waals surface area (Å²) in [4.78, 5) is 31.6. The molecule has 7 heteroatoms. The summed E-state index contributed by atoms with van der Waals surface area (Å²) in [7, 11) is 0. The van der Waals surface area contributed by atoms with Crippen molar-refractivity contribution in [1.82, 2.24) is 14.8 Å². The molecule has 1 aliphatic heterocycles. The first-order valence-corrected chi connectivity index (χ1v) is 6.58. The largest absolute Gasteiger partial charge is 0.375 e. The van der Waals surface area contributed by atoms with Crippen LogP contribution < -0.4 is 5.73 Å². The zero-order valence-corrected chi connectivity index (χ0v) is 11.3. The minimum absolute atomic E-state index is 0.0371. The van der Waals surface area contributed by atoms with Crippen molar-refractivity contribution in [2.45, 2.75) is 13.8 Å². The Bertz CT molecular complexity index is 477. The summed E-state index contributed by atoms with van der Waals surface area (Å²) in [6.45, 7) is 5.64. The van der Waals surface area contributed by atoms with Crippen LogP contribution in [0.1, 0.15) is 22.3 Å². The zero-order chi connectivity index (χ0) is 13.3. The fourth-order valence-electron chi connectivity index (χ4n) is 1.98. The molecule has 2 amide bonds. The van der Waals surface area contributed by atoms with Crippen LogP contribution in [0, 0.1) is 6.92 Å². The van der Waals surface area contributed by atoms with E-state index in [-0.39, 0.29) is 11.8 Å². The molecule has 0 aromatic carbocycles. The first-order chi connectivity index (χ1) is 8.49. The van der Waals surface area contributed by atoms with Crippen molar-refractivity contribution in [2.75, 3.05) is 31.9 Å². The summed E-state index contributed by atoms with van der Waals surface area (Å²) in [6, 6.07) is 0. The average Bonchev–Trinajstić information content (AvgIpc) is 2.67. The fraction of sp³-hybridized carbons (Fsp3) is 0.545. The number of hydrogen-bond acceptors (Lipinski definition) is 5. The number of amides is 2. The lowest BCUT2D eigenvalue weighted by Crippen LogP contribution is -2.50. The summed E-state index contributed by atoms with van der Waals surface area (Å²) in [5, 5.41) is 0.415. The van der Waals surface area contributed by atoms with Gasteiger partial charge in [0.05, 0.1) is 5.69 Å². The highest BCUT2D eigenvalue weighted by Gasteiger charge is 2.25. The summed E-state index contributed by atoms with van der Waals surface area (Å²) in [6.07, 6.45) is 0. The van der Waals surface area contributed by atoms with Crippen LogP contribution >= 0.6 is 11.3 Å². The third-order valence-corrected chi connectivity index (χ3v) is 3.99. The second-order valence-corrected chi connectivity index (χ2v) is 5.30. The summed E-state index contributed by atoms with van der Waals surface area (Å²) in [5.41, 5.74) is 6.27. The second-order valence-electron chi connectivity index (χ2n) is 4.26. The maximum absolute atomic E-state index is 12.2. The predicted octanol–water partition coefficient (Wildman–Crippen LogP) is 0.338. The zero-order valence-electron chi connectivity index (χ0n) is 10.5. The maximum Gasteiger partial charge on any atom is 0.266 e. The normalized spacial score (nSPS) is 15.9. The molecule has 1 saturated heterocycles. The summed E-state index contributed by atoms with van der Waals surface area (Å²) in [5.74, 6) is 0.0187. The molecular weight excluding hydrogens is 252 g/mol. The van der Waals surface area contributed by atoms with E-state index >= 15 is 0 Å². The monoisotopic (exact) mass is 268 g/mol. The van der Waals surface area contributed by atoms with Crippen molar-refractivity contribution in [3.05, 3.63) is 10.6 Å². The molecule has 0 atom stereocenters. The van der Waals surface area contributed by atoms with Crippen molar-refractivity contribution < 1.29 is 9.59 Å². The Hall–Kier alpha value is -1.63. The molecule has 2 rings (SSSR count). The molecule has 18 heavy (non-hydrogen) atoms. The number of piperazine rings is 1. The van der Waals surface area contributed by atoms with Crippen molar-refractivity contribution in [3.63, 3.8) is 0 Å². The predicted molar refractivity (Wildman–Crippen MR) is 69.4 cm³/mol. The third kappa shape index (κ3) is 2.45. The number of nitrogen functional groups attached to an aromatic ring is 1. The van der Waals surface area contributed by atoms with E-state index in [9.17, 15) is 9.59 Å². The number of aromatic nitrogens is 1. The van der Waals surface area contributed by atoms with E-state index in [1.165, 1.54) is 11.3 Å². The van der Waals surface area contributed by atoms with Crippen molar-refractivity contribution >= 4 is 28.3 Å². The highest BCUT2D eigenvalue weighted by Crippen LogP contribution is 2.22. The molecule has 98 valence electrons. The third-order valence-electron chi connectivity index (χ3n) is 3.02. The number of thiazole rings is 1. The first kappa shape index (κ1) is 12.8. The van der Waals surface area contributed by atoms with Crippen LogP contribution in [0.4, 0.5) is 5.13 Å².